The summed E-state index contributed by atoms with van der Waals surface area (Å²) in [6.07, 6.45) is 1.98. The molecule has 0 aromatic heterocycles. The molecule has 7 nitrogen and oxygen atoms in total. The molecule has 7 heteroatoms. The zero-order chi connectivity index (χ0) is 19.4. The van der Waals surface area contributed by atoms with Crippen molar-refractivity contribution in [3.8, 4) is 0 Å². The molecule has 0 spiro atoms. The molecule has 1 aromatic carbocycles. The molecular weight excluding hydrogens is 344 g/mol. The lowest BCUT2D eigenvalue weighted by atomic mass is 9.99. The number of anilines is 1. The predicted octanol–water partition coefficient (Wildman–Crippen LogP) is 1.28. The molecular formula is C20H28N4O3. The van der Waals surface area contributed by atoms with Crippen molar-refractivity contribution >= 4 is 23.5 Å². The third kappa shape index (κ3) is 4.07. The van der Waals surface area contributed by atoms with Gasteiger partial charge in [0.05, 0.1) is 19.6 Å². The first-order valence-corrected chi connectivity index (χ1v) is 9.46. The first kappa shape index (κ1) is 19.2. The number of fused-ring (bicyclic) bond motifs is 1. The number of nitrogens with one attached hydrogen (secondary N) is 1. The molecule has 0 saturated carbocycles. The average Bonchev–Trinajstić information content (AvgIpc) is 3.08. The molecule has 1 fully saturated rings. The van der Waals surface area contributed by atoms with Crippen molar-refractivity contribution < 1.29 is 14.3 Å². The molecule has 0 bridgehead atoms. The van der Waals surface area contributed by atoms with Crippen LogP contribution in [0.5, 0.6) is 0 Å². The van der Waals surface area contributed by atoms with Crippen LogP contribution < -0.4 is 10.2 Å². The number of para-hydroxylation sites is 1. The standard InChI is InChI=1S/C20H28N4O3/c1-14-12-23(13-16(14)19(26)27-3)20(21-2)22-11-18(25)24-10-6-8-15-7-4-5-9-17(15)24/h4-5,7,9,14,16H,6,8,10-13H2,1-3H3,(H,21,22). The van der Waals surface area contributed by atoms with Gasteiger partial charge < -0.3 is 19.9 Å². The molecule has 27 heavy (non-hydrogen) atoms. The van der Waals surface area contributed by atoms with Crippen LogP contribution in [0.15, 0.2) is 29.3 Å². The smallest absolute Gasteiger partial charge is 0.310 e. The Labute approximate surface area is 160 Å². The topological polar surface area (TPSA) is 74.2 Å². The summed E-state index contributed by atoms with van der Waals surface area (Å²) in [4.78, 5) is 32.9. The number of ether oxygens (including phenoxy) is 1. The van der Waals surface area contributed by atoms with Gasteiger partial charge in [-0.25, -0.2) is 0 Å². The van der Waals surface area contributed by atoms with E-state index in [-0.39, 0.29) is 30.3 Å². The summed E-state index contributed by atoms with van der Waals surface area (Å²) in [5.41, 5.74) is 2.22. The van der Waals surface area contributed by atoms with E-state index in [9.17, 15) is 9.59 Å². The van der Waals surface area contributed by atoms with Crippen molar-refractivity contribution in [3.05, 3.63) is 29.8 Å². The zero-order valence-electron chi connectivity index (χ0n) is 16.3. The molecule has 146 valence electrons. The average molecular weight is 372 g/mol. The molecule has 3 rings (SSSR count). The van der Waals surface area contributed by atoms with Gasteiger partial charge in [0.2, 0.25) is 5.91 Å². The number of likely N-dealkylation sites (tertiary alicyclic amines) is 1. The van der Waals surface area contributed by atoms with E-state index in [1.54, 1.807) is 7.05 Å². The summed E-state index contributed by atoms with van der Waals surface area (Å²) in [7, 11) is 3.11. The number of aliphatic imine (C=N–C) groups is 1. The minimum Gasteiger partial charge on any atom is -0.469 e. The number of aryl methyl sites for hydroxylation is 1. The summed E-state index contributed by atoms with van der Waals surface area (Å²) in [6, 6.07) is 8.07. The third-order valence-corrected chi connectivity index (χ3v) is 5.44. The highest BCUT2D eigenvalue weighted by atomic mass is 16.5. The van der Waals surface area contributed by atoms with Crippen LogP contribution in [-0.4, -0.2) is 63.1 Å². The van der Waals surface area contributed by atoms with Gasteiger partial charge in [-0.2, -0.15) is 0 Å². The fourth-order valence-corrected chi connectivity index (χ4v) is 3.97. The monoisotopic (exact) mass is 372 g/mol. The second-order valence-corrected chi connectivity index (χ2v) is 7.19. The van der Waals surface area contributed by atoms with E-state index >= 15 is 0 Å². The van der Waals surface area contributed by atoms with Gasteiger partial charge in [0.15, 0.2) is 5.96 Å². The Bertz CT molecular complexity index is 734. The largest absolute Gasteiger partial charge is 0.469 e. The van der Waals surface area contributed by atoms with Crippen LogP contribution in [0.3, 0.4) is 0 Å². The Kier molecular flexibility index (Phi) is 5.98. The molecule has 0 radical (unpaired) electrons. The van der Waals surface area contributed by atoms with Gasteiger partial charge >= 0.3 is 5.97 Å². The van der Waals surface area contributed by atoms with E-state index in [1.807, 2.05) is 34.9 Å². The summed E-state index contributed by atoms with van der Waals surface area (Å²) < 4.78 is 4.89. The van der Waals surface area contributed by atoms with Gasteiger partial charge in [0.1, 0.15) is 0 Å². The van der Waals surface area contributed by atoms with Gasteiger partial charge in [-0.05, 0) is 30.4 Å². The van der Waals surface area contributed by atoms with Gasteiger partial charge in [0, 0.05) is 32.4 Å². The highest BCUT2D eigenvalue weighted by Gasteiger charge is 2.37. The lowest BCUT2D eigenvalue weighted by Crippen LogP contribution is -2.47. The first-order valence-electron chi connectivity index (χ1n) is 9.46. The number of guanidine groups is 1. The van der Waals surface area contributed by atoms with Gasteiger partial charge in [-0.15, -0.1) is 0 Å². The normalized spacial score (nSPS) is 22.4. The number of hydrogen-bond acceptors (Lipinski definition) is 4. The highest BCUT2D eigenvalue weighted by molar-refractivity contribution is 5.98. The van der Waals surface area contributed by atoms with E-state index in [1.165, 1.54) is 12.7 Å². The lowest BCUT2D eigenvalue weighted by Gasteiger charge is -2.30. The fraction of sp³-hybridized carbons (Fsp3) is 0.550. The van der Waals surface area contributed by atoms with E-state index in [2.05, 4.69) is 16.4 Å². The molecule has 1 aromatic rings. The van der Waals surface area contributed by atoms with E-state index in [4.69, 9.17) is 4.74 Å². The molecule has 1 saturated heterocycles. The van der Waals surface area contributed by atoms with E-state index in [0.29, 0.717) is 19.0 Å². The molecule has 0 aliphatic carbocycles. The van der Waals surface area contributed by atoms with Crippen LogP contribution >= 0.6 is 0 Å². The van der Waals surface area contributed by atoms with E-state index in [0.717, 1.165) is 25.1 Å². The van der Waals surface area contributed by atoms with Crippen LogP contribution in [0.4, 0.5) is 5.69 Å². The Morgan fingerprint density at radius 2 is 2.07 bits per heavy atom. The Morgan fingerprint density at radius 1 is 1.30 bits per heavy atom. The van der Waals surface area contributed by atoms with Crippen molar-refractivity contribution in [2.24, 2.45) is 16.8 Å². The first-order chi connectivity index (χ1) is 13.0. The number of hydrogen-bond donors (Lipinski definition) is 1. The molecule has 2 aliphatic heterocycles. The maximum atomic E-state index is 12.8. The molecule has 2 heterocycles. The zero-order valence-corrected chi connectivity index (χ0v) is 16.3. The molecule has 1 amide bonds. The van der Waals surface area contributed by atoms with Crippen molar-refractivity contribution in [3.63, 3.8) is 0 Å². The van der Waals surface area contributed by atoms with Gasteiger partial charge in [-0.3, -0.25) is 14.6 Å². The van der Waals surface area contributed by atoms with Crippen LogP contribution in [0.25, 0.3) is 0 Å². The minimum absolute atomic E-state index is 0.0278. The number of methoxy groups -OCH3 is 1. The second-order valence-electron chi connectivity index (χ2n) is 7.19. The van der Waals surface area contributed by atoms with Crippen molar-refractivity contribution in [1.82, 2.24) is 10.2 Å². The molecule has 1 N–H and O–H groups in total. The SMILES string of the molecule is CN=C(NCC(=O)N1CCCc2ccccc21)N1CC(C)C(C(=O)OC)C1. The van der Waals surface area contributed by atoms with Gasteiger partial charge in [-0.1, -0.05) is 25.1 Å². The Balaban J connectivity index is 1.61. The lowest BCUT2D eigenvalue weighted by molar-refractivity contribution is -0.146. The Morgan fingerprint density at radius 3 is 2.81 bits per heavy atom. The van der Waals surface area contributed by atoms with E-state index < -0.39 is 0 Å². The highest BCUT2D eigenvalue weighted by Crippen LogP contribution is 2.27. The summed E-state index contributed by atoms with van der Waals surface area (Å²) in [6.45, 7) is 4.20. The number of rotatable bonds is 3. The molecule has 2 aliphatic rings. The number of benzene rings is 1. The maximum absolute atomic E-state index is 12.8. The maximum Gasteiger partial charge on any atom is 0.310 e. The number of esters is 1. The second kappa shape index (κ2) is 8.41. The number of carbonyl (C=O) groups excluding carboxylic acids is 2. The fourth-order valence-electron chi connectivity index (χ4n) is 3.97. The summed E-state index contributed by atoms with van der Waals surface area (Å²) >= 11 is 0. The van der Waals surface area contributed by atoms with Crippen molar-refractivity contribution in [2.75, 3.05) is 45.2 Å². The van der Waals surface area contributed by atoms with Crippen LogP contribution in [0.2, 0.25) is 0 Å². The Hall–Kier alpha value is -2.57. The third-order valence-electron chi connectivity index (χ3n) is 5.44. The number of amides is 1. The quantitative estimate of drug-likeness (QED) is 0.492. The number of carbonyl (C=O) groups is 2. The predicted molar refractivity (Wildman–Crippen MR) is 105 cm³/mol. The van der Waals surface area contributed by atoms with Crippen LogP contribution in [0.1, 0.15) is 18.9 Å². The number of nitrogens with zero attached hydrogens (tertiary/aromatic N) is 3. The molecule has 2 unspecified atom stereocenters. The summed E-state index contributed by atoms with van der Waals surface area (Å²) in [5, 5.41) is 3.17. The molecule has 2 atom stereocenters. The van der Waals surface area contributed by atoms with Crippen LogP contribution in [0, 0.1) is 11.8 Å². The van der Waals surface area contributed by atoms with Crippen LogP contribution in [-0.2, 0) is 20.7 Å². The summed E-state index contributed by atoms with van der Waals surface area (Å²) in [5.74, 6) is 0.493. The van der Waals surface area contributed by atoms with Crippen molar-refractivity contribution in [1.29, 1.82) is 0 Å². The minimum atomic E-state index is -0.193. The van der Waals surface area contributed by atoms with Crippen molar-refractivity contribution in [2.45, 2.75) is 19.8 Å². The van der Waals surface area contributed by atoms with Gasteiger partial charge in [0.25, 0.3) is 0 Å².